The molecule has 3 heterocycles. The number of nitrogens with zero attached hydrogens (tertiary/aromatic N) is 4. The number of carbonyl (C=O) groups excluding carboxylic acids is 1. The van der Waals surface area contributed by atoms with E-state index in [1.165, 1.54) is 28.8 Å². The van der Waals surface area contributed by atoms with E-state index in [9.17, 15) is 14.0 Å². The summed E-state index contributed by atoms with van der Waals surface area (Å²) < 4.78 is 22.4. The lowest BCUT2D eigenvalue weighted by molar-refractivity contribution is -0.128. The molecule has 35 heavy (non-hydrogen) atoms. The zero-order valence-corrected chi connectivity index (χ0v) is 20.7. The van der Waals surface area contributed by atoms with E-state index < -0.39 is 11.5 Å². The average molecular weight is 517 g/mol. The Kier molecular flexibility index (Phi) is 5.97. The number of rotatable bonds is 3. The summed E-state index contributed by atoms with van der Waals surface area (Å²) in [7, 11) is 0. The Morgan fingerprint density at radius 1 is 1.23 bits per heavy atom. The van der Waals surface area contributed by atoms with Crippen LogP contribution in [0.4, 0.5) is 10.2 Å². The van der Waals surface area contributed by atoms with Crippen molar-refractivity contribution in [2.45, 2.75) is 32.5 Å². The minimum atomic E-state index is -0.505. The molecule has 1 saturated heterocycles. The summed E-state index contributed by atoms with van der Waals surface area (Å²) in [5.41, 5.74) is 0.611. The summed E-state index contributed by atoms with van der Waals surface area (Å²) in [6.45, 7) is 8.93. The van der Waals surface area contributed by atoms with Crippen molar-refractivity contribution in [3.8, 4) is 16.9 Å². The highest BCUT2D eigenvalue weighted by molar-refractivity contribution is 6.35. The molecule has 0 saturated carbocycles. The van der Waals surface area contributed by atoms with Crippen LogP contribution in [0.1, 0.15) is 13.8 Å². The molecular formula is C25H23Cl2FN4O3. The number of piperazine rings is 1. The Labute approximate surface area is 211 Å². The maximum Gasteiger partial charge on any atom is 0.350 e. The second-order valence-corrected chi connectivity index (χ2v) is 9.69. The van der Waals surface area contributed by atoms with Crippen molar-refractivity contribution in [3.63, 3.8) is 0 Å². The summed E-state index contributed by atoms with van der Waals surface area (Å²) in [4.78, 5) is 33.6. The molecule has 0 N–H and O–H groups in total. The van der Waals surface area contributed by atoms with Crippen LogP contribution in [0.3, 0.4) is 0 Å². The molecule has 2 aromatic carbocycles. The van der Waals surface area contributed by atoms with Gasteiger partial charge in [-0.05, 0) is 44.2 Å². The first-order valence-corrected chi connectivity index (χ1v) is 12.0. The van der Waals surface area contributed by atoms with Crippen LogP contribution in [0, 0.1) is 5.82 Å². The van der Waals surface area contributed by atoms with Crippen LogP contribution in [0.5, 0.6) is 5.75 Å². The summed E-state index contributed by atoms with van der Waals surface area (Å²) in [6.07, 6.45) is 1.31. The average Bonchev–Trinajstić information content (AvgIpc) is 2.83. The first kappa shape index (κ1) is 23.6. The maximum absolute atomic E-state index is 14.8. The highest BCUT2D eigenvalue weighted by Crippen LogP contribution is 2.46. The molecule has 3 aromatic rings. The Balaban J connectivity index is 1.73. The molecule has 2 aliphatic rings. The number of halogens is 3. The lowest BCUT2D eigenvalue weighted by atomic mass is 10.00. The van der Waals surface area contributed by atoms with Gasteiger partial charge >= 0.3 is 5.69 Å². The molecule has 1 fully saturated rings. The van der Waals surface area contributed by atoms with E-state index in [1.54, 1.807) is 11.0 Å². The zero-order chi connectivity index (χ0) is 25.0. The molecule has 1 aromatic heterocycles. The van der Waals surface area contributed by atoms with Gasteiger partial charge in [0.25, 0.3) is 0 Å². The molecular weight excluding hydrogens is 494 g/mol. The topological polar surface area (TPSA) is 67.7 Å². The molecule has 1 amide bonds. The van der Waals surface area contributed by atoms with Gasteiger partial charge in [0, 0.05) is 46.7 Å². The lowest BCUT2D eigenvalue weighted by Gasteiger charge is -2.44. The van der Waals surface area contributed by atoms with E-state index >= 15 is 0 Å². The van der Waals surface area contributed by atoms with Crippen molar-refractivity contribution in [2.24, 2.45) is 0 Å². The van der Waals surface area contributed by atoms with Crippen molar-refractivity contribution in [3.05, 3.63) is 63.3 Å². The second-order valence-electron chi connectivity index (χ2n) is 8.85. The maximum atomic E-state index is 14.8. The minimum absolute atomic E-state index is 0.128. The van der Waals surface area contributed by atoms with Crippen LogP contribution in [0.25, 0.3) is 22.0 Å². The van der Waals surface area contributed by atoms with Crippen LogP contribution in [0.2, 0.25) is 10.0 Å². The molecule has 0 aliphatic carbocycles. The third kappa shape index (κ3) is 3.85. The van der Waals surface area contributed by atoms with Crippen molar-refractivity contribution in [1.29, 1.82) is 0 Å². The summed E-state index contributed by atoms with van der Waals surface area (Å²) >= 11 is 12.9. The molecule has 7 nitrogen and oxygen atoms in total. The number of anilines is 1. The van der Waals surface area contributed by atoms with Gasteiger partial charge in [-0.25, -0.2) is 9.18 Å². The number of amides is 1. The molecule has 10 heteroatoms. The Hall–Kier alpha value is -3.10. The van der Waals surface area contributed by atoms with Gasteiger partial charge < -0.3 is 14.5 Å². The highest BCUT2D eigenvalue weighted by atomic mass is 35.5. The third-order valence-electron chi connectivity index (χ3n) is 6.63. The summed E-state index contributed by atoms with van der Waals surface area (Å²) in [5.74, 6) is 0.133. The van der Waals surface area contributed by atoms with Gasteiger partial charge in [-0.15, -0.1) is 0 Å². The summed E-state index contributed by atoms with van der Waals surface area (Å²) in [6, 6.07) is 5.65. The Bertz CT molecular complexity index is 1440. The van der Waals surface area contributed by atoms with Crippen molar-refractivity contribution in [1.82, 2.24) is 14.5 Å². The Morgan fingerprint density at radius 3 is 2.74 bits per heavy atom. The monoisotopic (exact) mass is 516 g/mol. The third-order valence-corrected chi connectivity index (χ3v) is 7.16. The first-order chi connectivity index (χ1) is 16.7. The molecule has 2 aliphatic heterocycles. The number of hydrogen-bond donors (Lipinski definition) is 0. The van der Waals surface area contributed by atoms with Gasteiger partial charge in [-0.1, -0.05) is 29.8 Å². The molecule has 0 spiro atoms. The van der Waals surface area contributed by atoms with E-state index in [2.05, 4.69) is 11.6 Å². The number of benzene rings is 2. The summed E-state index contributed by atoms with van der Waals surface area (Å²) in [5, 5.41) is 1.23. The molecule has 182 valence electrons. The fourth-order valence-electron chi connectivity index (χ4n) is 4.95. The number of hydrogen-bond acceptors (Lipinski definition) is 5. The van der Waals surface area contributed by atoms with Gasteiger partial charge in [-0.2, -0.15) is 4.98 Å². The van der Waals surface area contributed by atoms with Crippen LogP contribution < -0.4 is 15.3 Å². The first-order valence-electron chi connectivity index (χ1n) is 11.3. The van der Waals surface area contributed by atoms with Crippen LogP contribution in [0.15, 0.2) is 41.7 Å². The number of ether oxygens (including phenoxy) is 1. The predicted octanol–water partition coefficient (Wildman–Crippen LogP) is 4.51. The molecule has 0 radical (unpaired) electrons. The van der Waals surface area contributed by atoms with Crippen molar-refractivity contribution < 1.29 is 13.9 Å². The molecule has 1 unspecified atom stereocenters. The molecule has 5 rings (SSSR count). The van der Waals surface area contributed by atoms with Gasteiger partial charge in [0.15, 0.2) is 5.75 Å². The minimum Gasteiger partial charge on any atom is -0.489 e. The zero-order valence-electron chi connectivity index (χ0n) is 19.2. The quantitative estimate of drug-likeness (QED) is 0.479. The number of carbonyl (C=O) groups is 1. The number of aromatic nitrogens is 2. The van der Waals surface area contributed by atoms with Crippen molar-refractivity contribution in [2.75, 3.05) is 24.6 Å². The normalized spacial score (nSPS) is 19.6. The van der Waals surface area contributed by atoms with Crippen LogP contribution in [-0.2, 0) is 11.3 Å². The fraction of sp³-hybridized carbons (Fsp3) is 0.320. The molecule has 0 bridgehead atoms. The smallest absolute Gasteiger partial charge is 0.350 e. The SMILES string of the molecule is C=CC(=O)N1CC(C)N(c2nc(=O)n3c4c(c(-c5cc(Cl)ccc5F)c(Cl)cc24)OCC3)C[C@H]1C. The lowest BCUT2D eigenvalue weighted by Crippen LogP contribution is -2.58. The van der Waals surface area contributed by atoms with E-state index in [4.69, 9.17) is 27.9 Å². The van der Waals surface area contributed by atoms with Gasteiger partial charge in [0.05, 0.1) is 17.1 Å². The predicted molar refractivity (Wildman–Crippen MR) is 135 cm³/mol. The van der Waals surface area contributed by atoms with Gasteiger partial charge in [0.1, 0.15) is 18.2 Å². The fourth-order valence-corrected chi connectivity index (χ4v) is 5.42. The van der Waals surface area contributed by atoms with Gasteiger partial charge in [0.2, 0.25) is 5.91 Å². The van der Waals surface area contributed by atoms with Crippen LogP contribution >= 0.6 is 23.2 Å². The van der Waals surface area contributed by atoms with E-state index in [0.29, 0.717) is 52.7 Å². The standard InChI is InChI=1S/C25H23Cl2FN4O3/c1-4-20(33)31-11-14(3)32(12-13(31)2)24-17-10-18(27)21(16-9-15(26)5-6-19(16)28)23-22(17)30(7-8-35-23)25(34)29-24/h4-6,9-10,13-14H,1,7-8,11-12H2,2-3H3/t13-,14?/m1/s1. The van der Waals surface area contributed by atoms with E-state index in [0.717, 1.165) is 0 Å². The van der Waals surface area contributed by atoms with E-state index in [1.807, 2.05) is 18.7 Å². The van der Waals surface area contributed by atoms with Gasteiger partial charge in [-0.3, -0.25) is 9.36 Å². The Morgan fingerprint density at radius 2 is 2.00 bits per heavy atom. The van der Waals surface area contributed by atoms with Crippen molar-refractivity contribution >= 4 is 45.8 Å². The highest BCUT2D eigenvalue weighted by Gasteiger charge is 2.34. The largest absolute Gasteiger partial charge is 0.489 e. The van der Waals surface area contributed by atoms with E-state index in [-0.39, 0.29) is 35.2 Å². The second kappa shape index (κ2) is 8.84. The van der Waals surface area contributed by atoms with Crippen LogP contribution in [-0.4, -0.2) is 52.1 Å². The molecule has 2 atom stereocenters.